The summed E-state index contributed by atoms with van der Waals surface area (Å²) >= 11 is 0. The molecule has 42 nitrogen and oxygen atoms in total. The Hall–Kier alpha value is -13.8. The Morgan fingerprint density at radius 2 is 0.569 bits per heavy atom. The molecular weight excluding hydrogens is 1590 g/mol. The average molecular weight is 1710 g/mol. The van der Waals surface area contributed by atoms with E-state index in [0.717, 1.165) is 0 Å². The Morgan fingerprint density at radius 1 is 0.317 bits per heavy atom. The van der Waals surface area contributed by atoms with Gasteiger partial charge in [0, 0.05) is 86.1 Å². The van der Waals surface area contributed by atoms with Crippen LogP contribution in [-0.2, 0) is 83.2 Å². The van der Waals surface area contributed by atoms with Gasteiger partial charge in [0.15, 0.2) is 23.8 Å². The van der Waals surface area contributed by atoms with Crippen molar-refractivity contribution in [1.29, 1.82) is 21.6 Å². The predicted molar refractivity (Wildman–Crippen MR) is 462 cm³/mol. The molecule has 0 spiro atoms. The number of para-hydroxylation sites is 2. The van der Waals surface area contributed by atoms with Gasteiger partial charge in [-0.05, 0) is 142 Å². The Morgan fingerprint density at radius 3 is 0.837 bits per heavy atom. The summed E-state index contributed by atoms with van der Waals surface area (Å²) < 4.78 is 0. The van der Waals surface area contributed by atoms with Crippen molar-refractivity contribution in [2.75, 3.05) is 26.2 Å². The lowest BCUT2D eigenvalue weighted by Crippen LogP contribution is -2.60. The van der Waals surface area contributed by atoms with Gasteiger partial charge in [0.1, 0.15) is 71.9 Å². The first kappa shape index (κ1) is 98.0. The third-order valence-electron chi connectivity index (χ3n) is 20.1. The molecule has 12 atom stereocenters. The van der Waals surface area contributed by atoms with Gasteiger partial charge < -0.3 is 140 Å². The highest BCUT2D eigenvalue weighted by Gasteiger charge is 2.37. The van der Waals surface area contributed by atoms with Gasteiger partial charge >= 0.3 is 0 Å². The zero-order chi connectivity index (χ0) is 90.2. The fourth-order valence-corrected chi connectivity index (χ4v) is 13.5. The summed E-state index contributed by atoms with van der Waals surface area (Å²) in [7, 11) is 0. The smallest absolute Gasteiger partial charge is 0.243 e. The molecule has 2 aromatic heterocycles. The van der Waals surface area contributed by atoms with E-state index in [4.69, 9.17) is 67.5 Å². The molecule has 0 saturated heterocycles. The van der Waals surface area contributed by atoms with Crippen molar-refractivity contribution < 1.29 is 67.7 Å². The first-order valence-electron chi connectivity index (χ1n) is 40.7. The van der Waals surface area contributed by atoms with Crippen molar-refractivity contribution >= 4 is 117 Å². The van der Waals surface area contributed by atoms with Crippen LogP contribution in [0.15, 0.2) is 109 Å². The van der Waals surface area contributed by atoms with Crippen molar-refractivity contribution in [3.63, 3.8) is 0 Å². The SMILES string of the molecule is CCC[C@H](NC(=O)[C@H](CCCNC(=N)N)NC(=O)[C@H](Cc1c[nH]c2ccccc12)NC(=O)[C@H](N)CCC[C@@H](N)C(=O)N[C@@H](Cc1c[nH]c2ccccc12)C(=O)N[C@@H](CCCNC(=N)N)C(=O)N[C@@H](CCC)C(=O)N[C@@H](CCCNC(=N)N)C(=O)N[C@@H](Cc1ccc(O)cc1)C(N)=O)C(=O)N[C@@H](CCCNC(=N)N)C(=O)N[C@@H](Cc1ccc(O)cc1)C(N)=O. The molecule has 42 heteroatoms. The van der Waals surface area contributed by atoms with Crippen molar-refractivity contribution in [3.05, 3.63) is 132 Å². The maximum Gasteiger partial charge on any atom is 0.243 e. The number of amides is 12. The van der Waals surface area contributed by atoms with Gasteiger partial charge in [0.2, 0.25) is 70.9 Å². The highest BCUT2D eigenvalue weighted by Crippen LogP contribution is 2.23. The number of aromatic amines is 2. The van der Waals surface area contributed by atoms with Gasteiger partial charge in [-0.1, -0.05) is 87.4 Å². The second kappa shape index (κ2) is 50.3. The monoisotopic (exact) mass is 1710 g/mol. The topological polar surface area (TPSA) is 749 Å². The number of rotatable bonds is 54. The first-order valence-corrected chi connectivity index (χ1v) is 40.7. The van der Waals surface area contributed by atoms with Crippen LogP contribution >= 0.6 is 0 Å². The molecule has 0 bridgehead atoms. The van der Waals surface area contributed by atoms with Gasteiger partial charge in [-0.3, -0.25) is 79.2 Å². The molecule has 0 radical (unpaired) electrons. The number of aromatic hydroxyl groups is 2. The number of guanidine groups is 4. The highest BCUT2D eigenvalue weighted by atomic mass is 16.3. The lowest BCUT2D eigenvalue weighted by molar-refractivity contribution is -0.135. The lowest BCUT2D eigenvalue weighted by atomic mass is 10.0. The quantitative estimate of drug-likeness (QED) is 0.0101. The maximum atomic E-state index is 14.9. The fourth-order valence-electron chi connectivity index (χ4n) is 13.5. The van der Waals surface area contributed by atoms with E-state index in [0.29, 0.717) is 56.9 Å². The lowest BCUT2D eigenvalue weighted by Gasteiger charge is -2.27. The molecule has 6 rings (SSSR count). The number of hydrogen-bond donors (Lipinski definition) is 30. The molecule has 6 aromatic rings. The van der Waals surface area contributed by atoms with Crippen molar-refractivity contribution in [3.8, 4) is 11.5 Å². The van der Waals surface area contributed by atoms with Crippen LogP contribution in [0.1, 0.15) is 132 Å². The first-order chi connectivity index (χ1) is 58.6. The number of H-pyrrole nitrogens is 2. The summed E-state index contributed by atoms with van der Waals surface area (Å²) in [5.74, 6) is -11.7. The number of phenols is 2. The Labute approximate surface area is 710 Å². The van der Waals surface area contributed by atoms with E-state index in [1.165, 1.54) is 48.5 Å². The van der Waals surface area contributed by atoms with Gasteiger partial charge in [0.05, 0.1) is 12.1 Å². The van der Waals surface area contributed by atoms with Crippen LogP contribution in [-0.4, -0.2) is 214 Å². The molecule has 668 valence electrons. The number of carbonyl (C=O) groups excluding carboxylic acids is 12. The van der Waals surface area contributed by atoms with E-state index >= 15 is 0 Å². The molecule has 38 N–H and O–H groups in total. The molecule has 0 saturated carbocycles. The van der Waals surface area contributed by atoms with Crippen LogP contribution in [0, 0.1) is 21.6 Å². The summed E-state index contributed by atoms with van der Waals surface area (Å²) in [6, 6.07) is 9.66. The summed E-state index contributed by atoms with van der Waals surface area (Å²) in [4.78, 5) is 177. The zero-order valence-corrected chi connectivity index (χ0v) is 69.0. The summed E-state index contributed by atoms with van der Waals surface area (Å²) in [6.45, 7) is 3.81. The molecule has 0 aliphatic rings. The van der Waals surface area contributed by atoms with Crippen LogP contribution in [0.3, 0.4) is 0 Å². The minimum atomic E-state index is -1.45. The minimum Gasteiger partial charge on any atom is -0.508 e. The van der Waals surface area contributed by atoms with Crippen molar-refractivity contribution in [1.82, 2.24) is 84.4 Å². The van der Waals surface area contributed by atoms with Crippen LogP contribution in [0.4, 0.5) is 0 Å². The van der Waals surface area contributed by atoms with E-state index in [1.807, 2.05) is 0 Å². The molecule has 12 amide bonds. The summed E-state index contributed by atoms with van der Waals surface area (Å²) in [5.41, 5.74) is 50.4. The Bertz CT molecular complexity index is 4320. The number of benzene rings is 4. The standard InChI is InChI=1S/C81H120N28O14/c1-3-14-56(70(116)102-60(24-12-36-96-80(90)91)74(120)106-62(66(84)112)38-44-26-30-48(110)31-27-44)100-72(118)58(22-10-34-94-78(86)87)104-76(122)64(40-46-42-98-54-20-7-5-16-50(46)54)108-68(114)52(82)18-9-19-53(83)69(115)109-65(41-47-43-99-55-21-8-6-17-51(47)55)77(123)105-59(23-11-35-95-79(88)89)73(119)101-57(15-4-2)71(117)103-61(25-13-37-97-81(92)93)75(121)107-63(67(85)113)39-45-28-32-49(111)33-29-45/h5-8,16-17,20-21,26-33,42-43,52-53,56-65,98-99,110-111H,3-4,9-15,18-19,22-25,34-41,82-83H2,1-2H3,(H2,84,112)(H2,85,113)(H,100,118)(H,101,119)(H,102,116)(H,103,117)(H,104,122)(H,105,123)(H,106,120)(H,107,121)(H,108,114)(H,109,115)(H4,86,87,94)(H4,88,89,95)(H4,90,91,96)(H4,92,93,97)/t52-,53-,56+,57+,58+,59+,60+,61+,62+,63+,64+,65+/m1/s1. The molecule has 4 aromatic carbocycles. The Balaban J connectivity index is 1.19. The average Bonchev–Trinajstić information content (AvgIpc) is 1.71. The predicted octanol–water partition coefficient (Wildman–Crippen LogP) is -3.37. The van der Waals surface area contributed by atoms with Gasteiger partial charge in [-0.15, -0.1) is 0 Å². The summed E-state index contributed by atoms with van der Waals surface area (Å²) in [6.07, 6.45) is 3.47. The second-order valence-electron chi connectivity index (χ2n) is 29.9. The van der Waals surface area contributed by atoms with Crippen LogP contribution in [0.5, 0.6) is 11.5 Å². The Kier molecular flexibility index (Phi) is 40.1. The number of phenolic OH excluding ortho intramolecular Hbond substituents is 2. The number of primary amides is 2. The fraction of sp³-hybridized carbons (Fsp3) is 0.457. The van der Waals surface area contributed by atoms with Crippen LogP contribution in [0.25, 0.3) is 21.8 Å². The van der Waals surface area contributed by atoms with Crippen molar-refractivity contribution in [2.45, 2.75) is 208 Å². The minimum absolute atomic E-state index is 0.0143. The number of hydrogen-bond acceptors (Lipinski definition) is 20. The van der Waals surface area contributed by atoms with E-state index in [9.17, 15) is 67.7 Å². The van der Waals surface area contributed by atoms with Crippen LogP contribution < -0.4 is 120 Å². The zero-order valence-electron chi connectivity index (χ0n) is 69.0. The van der Waals surface area contributed by atoms with Gasteiger partial charge in [-0.25, -0.2) is 0 Å². The van der Waals surface area contributed by atoms with Gasteiger partial charge in [0.25, 0.3) is 0 Å². The largest absolute Gasteiger partial charge is 0.508 e. The number of carbonyl (C=O) groups is 12. The highest BCUT2D eigenvalue weighted by molar-refractivity contribution is 6.00. The molecular formula is C81H120N28O14. The molecule has 0 aliphatic heterocycles. The molecule has 0 aliphatic carbocycles. The van der Waals surface area contributed by atoms with E-state index in [2.05, 4.69) is 84.4 Å². The normalized spacial score (nSPS) is 14.0. The maximum absolute atomic E-state index is 14.9. The van der Waals surface area contributed by atoms with E-state index in [1.54, 1.807) is 74.8 Å². The summed E-state index contributed by atoms with van der Waals surface area (Å²) in [5, 5.41) is 89.3. The molecule has 0 fully saturated rings. The third kappa shape index (κ3) is 33.7. The van der Waals surface area contributed by atoms with E-state index in [-0.39, 0.29) is 171 Å². The van der Waals surface area contributed by atoms with Crippen LogP contribution in [0.2, 0.25) is 0 Å². The van der Waals surface area contributed by atoms with Crippen molar-refractivity contribution in [2.24, 2.45) is 45.9 Å². The second-order valence-corrected chi connectivity index (χ2v) is 29.9. The molecule has 2 heterocycles. The molecule has 0 unspecified atom stereocenters. The third-order valence-corrected chi connectivity index (χ3v) is 20.1. The van der Waals surface area contributed by atoms with E-state index < -0.39 is 143 Å². The number of nitrogens with one attached hydrogen (secondary N) is 20. The number of aromatic nitrogens is 2. The van der Waals surface area contributed by atoms with Gasteiger partial charge in [-0.2, -0.15) is 0 Å². The number of nitrogens with two attached hydrogens (primary N) is 8. The molecule has 123 heavy (non-hydrogen) atoms. The number of fused-ring (bicyclic) bond motifs is 2.